The number of hydrogen-bond acceptors (Lipinski definition) is 4. The maximum atomic E-state index is 4.43. The first-order valence-electron chi connectivity index (χ1n) is 7.08. The maximum absolute atomic E-state index is 4.43. The molecule has 0 aliphatic heterocycles. The molecule has 1 N–H and O–H groups in total. The van der Waals surface area contributed by atoms with Gasteiger partial charge in [0.1, 0.15) is 0 Å². The number of aromatic nitrogens is 2. The highest BCUT2D eigenvalue weighted by Crippen LogP contribution is 2.19. The monoisotopic (exact) mass is 304 g/mol. The van der Waals surface area contributed by atoms with Crippen LogP contribution in [0.25, 0.3) is 0 Å². The first-order valence-corrected chi connectivity index (χ1v) is 8.30. The molecule has 1 unspecified atom stereocenters. The Labute approximate surface area is 131 Å². The van der Waals surface area contributed by atoms with E-state index in [0.29, 0.717) is 6.04 Å². The Morgan fingerprint density at radius 2 is 1.95 bits per heavy atom. The summed E-state index contributed by atoms with van der Waals surface area (Å²) in [4.78, 5) is 7.76. The third-order valence-electron chi connectivity index (χ3n) is 3.67. The van der Waals surface area contributed by atoms with Crippen LogP contribution in [0.3, 0.4) is 0 Å². The van der Waals surface area contributed by atoms with Crippen molar-refractivity contribution in [1.29, 1.82) is 0 Å². The minimum absolute atomic E-state index is 0.318. The Bertz CT molecular complexity index is 574. The highest BCUT2D eigenvalue weighted by Gasteiger charge is 2.10. The summed E-state index contributed by atoms with van der Waals surface area (Å²) in [5, 5.41) is 3.56. The summed E-state index contributed by atoms with van der Waals surface area (Å²) >= 11 is 1.77. The first-order chi connectivity index (χ1) is 10.0. The largest absolute Gasteiger partial charge is 0.348 e. The first kappa shape index (κ1) is 15.9. The van der Waals surface area contributed by atoms with Gasteiger partial charge < -0.3 is 14.8 Å². The molecule has 0 saturated carbocycles. The number of nitrogens with one attached hydrogen (secondary N) is 1. The topological polar surface area (TPSA) is 33.1 Å². The summed E-state index contributed by atoms with van der Waals surface area (Å²) in [6, 6.07) is 9.05. The van der Waals surface area contributed by atoms with Gasteiger partial charge in [0.15, 0.2) is 0 Å². The van der Waals surface area contributed by atoms with Gasteiger partial charge in [0.2, 0.25) is 5.95 Å². The van der Waals surface area contributed by atoms with E-state index < -0.39 is 0 Å². The van der Waals surface area contributed by atoms with Crippen LogP contribution in [0.5, 0.6) is 0 Å². The molecule has 2 aromatic rings. The van der Waals surface area contributed by atoms with Gasteiger partial charge in [-0.25, -0.2) is 4.98 Å². The van der Waals surface area contributed by atoms with Crippen molar-refractivity contribution in [2.24, 2.45) is 7.05 Å². The Hall–Kier alpha value is -1.46. The lowest BCUT2D eigenvalue weighted by molar-refractivity contribution is 0.557. The number of benzene rings is 1. The van der Waals surface area contributed by atoms with Crippen molar-refractivity contribution in [1.82, 2.24) is 14.9 Å². The minimum atomic E-state index is 0.318. The summed E-state index contributed by atoms with van der Waals surface area (Å²) in [7, 11) is 6.07. The second-order valence-electron chi connectivity index (χ2n) is 5.38. The van der Waals surface area contributed by atoms with E-state index in [1.165, 1.54) is 16.2 Å². The second kappa shape index (κ2) is 7.00. The predicted octanol–water partition coefficient (Wildman–Crippen LogP) is 3.06. The van der Waals surface area contributed by atoms with Gasteiger partial charge in [0.25, 0.3) is 0 Å². The lowest BCUT2D eigenvalue weighted by Crippen LogP contribution is -2.20. The molecule has 4 nitrogen and oxygen atoms in total. The molecule has 5 heteroatoms. The van der Waals surface area contributed by atoms with Crippen LogP contribution in [0.4, 0.5) is 5.95 Å². The Morgan fingerprint density at radius 1 is 1.29 bits per heavy atom. The lowest BCUT2D eigenvalue weighted by atomic mass is 10.1. The minimum Gasteiger partial charge on any atom is -0.348 e. The summed E-state index contributed by atoms with van der Waals surface area (Å²) in [5.74, 6) is 0.976. The Morgan fingerprint density at radius 3 is 2.48 bits per heavy atom. The van der Waals surface area contributed by atoms with Crippen molar-refractivity contribution >= 4 is 17.7 Å². The van der Waals surface area contributed by atoms with Crippen molar-refractivity contribution in [3.8, 4) is 0 Å². The fourth-order valence-corrected chi connectivity index (χ4v) is 2.69. The molecule has 1 atom stereocenters. The van der Waals surface area contributed by atoms with E-state index in [0.717, 1.165) is 12.5 Å². The van der Waals surface area contributed by atoms with Crippen molar-refractivity contribution in [2.45, 2.75) is 24.4 Å². The van der Waals surface area contributed by atoms with E-state index in [4.69, 9.17) is 0 Å². The highest BCUT2D eigenvalue weighted by atomic mass is 32.2. The van der Waals surface area contributed by atoms with Crippen LogP contribution in [-0.4, -0.2) is 29.9 Å². The zero-order valence-electron chi connectivity index (χ0n) is 13.4. The quantitative estimate of drug-likeness (QED) is 0.832. The van der Waals surface area contributed by atoms with Crippen LogP contribution in [0.15, 0.2) is 35.4 Å². The summed E-state index contributed by atoms with van der Waals surface area (Å²) in [5.41, 5.74) is 2.49. The van der Waals surface area contributed by atoms with Gasteiger partial charge in [-0.3, -0.25) is 0 Å². The molecular weight excluding hydrogens is 280 g/mol. The fourth-order valence-electron chi connectivity index (χ4n) is 2.28. The van der Waals surface area contributed by atoms with Crippen LogP contribution in [0.1, 0.15) is 24.2 Å². The van der Waals surface area contributed by atoms with Crippen LogP contribution in [0, 0.1) is 0 Å². The maximum Gasteiger partial charge on any atom is 0.204 e. The molecule has 0 fully saturated rings. The molecule has 0 saturated heterocycles. The second-order valence-corrected chi connectivity index (χ2v) is 6.26. The van der Waals surface area contributed by atoms with E-state index in [1.807, 2.05) is 25.2 Å². The van der Waals surface area contributed by atoms with Crippen molar-refractivity contribution < 1.29 is 0 Å². The molecule has 1 aromatic heterocycles. The van der Waals surface area contributed by atoms with Gasteiger partial charge in [0.05, 0.1) is 11.9 Å². The number of anilines is 1. The third-order valence-corrected chi connectivity index (χ3v) is 4.41. The van der Waals surface area contributed by atoms with Crippen molar-refractivity contribution in [3.63, 3.8) is 0 Å². The average molecular weight is 304 g/mol. The summed E-state index contributed by atoms with van der Waals surface area (Å²) in [6.07, 6.45) is 4.04. The molecule has 0 aliphatic carbocycles. The third kappa shape index (κ3) is 3.80. The average Bonchev–Trinajstić information content (AvgIpc) is 2.86. The van der Waals surface area contributed by atoms with Gasteiger partial charge in [-0.2, -0.15) is 0 Å². The van der Waals surface area contributed by atoms with Crippen molar-refractivity contribution in [3.05, 3.63) is 41.7 Å². The fraction of sp³-hybridized carbons (Fsp3) is 0.438. The molecule has 21 heavy (non-hydrogen) atoms. The summed E-state index contributed by atoms with van der Waals surface area (Å²) < 4.78 is 2.12. The number of rotatable bonds is 6. The predicted molar refractivity (Wildman–Crippen MR) is 91.0 cm³/mol. The van der Waals surface area contributed by atoms with Crippen LogP contribution in [0.2, 0.25) is 0 Å². The van der Waals surface area contributed by atoms with E-state index in [2.05, 4.69) is 59.4 Å². The van der Waals surface area contributed by atoms with Gasteiger partial charge in [0, 0.05) is 38.6 Å². The molecule has 1 aromatic carbocycles. The number of hydrogen-bond donors (Lipinski definition) is 1. The molecule has 114 valence electrons. The van der Waals surface area contributed by atoms with Crippen LogP contribution in [-0.2, 0) is 13.6 Å². The van der Waals surface area contributed by atoms with Gasteiger partial charge in [-0.05, 0) is 30.9 Å². The van der Waals surface area contributed by atoms with Gasteiger partial charge in [-0.1, -0.05) is 12.1 Å². The van der Waals surface area contributed by atoms with Gasteiger partial charge >= 0.3 is 0 Å². The number of imidazole rings is 1. The van der Waals surface area contributed by atoms with E-state index in [-0.39, 0.29) is 0 Å². The molecule has 2 rings (SSSR count). The molecule has 0 bridgehead atoms. The molecule has 0 radical (unpaired) electrons. The Kier molecular flexibility index (Phi) is 5.31. The van der Waals surface area contributed by atoms with E-state index in [1.54, 1.807) is 11.8 Å². The number of nitrogens with zero attached hydrogens (tertiary/aromatic N) is 3. The van der Waals surface area contributed by atoms with E-state index >= 15 is 0 Å². The van der Waals surface area contributed by atoms with Crippen molar-refractivity contribution in [2.75, 3.05) is 25.3 Å². The Balaban J connectivity index is 1.98. The molecular formula is C16H24N4S. The smallest absolute Gasteiger partial charge is 0.204 e. The highest BCUT2D eigenvalue weighted by molar-refractivity contribution is 7.98. The van der Waals surface area contributed by atoms with Gasteiger partial charge in [-0.15, -0.1) is 11.8 Å². The SMILES string of the molecule is CSc1ccc(C(C)NCc2cnc(N(C)C)n2C)cc1. The van der Waals surface area contributed by atoms with Crippen LogP contribution < -0.4 is 10.2 Å². The lowest BCUT2D eigenvalue weighted by Gasteiger charge is -2.16. The number of thioether (sulfide) groups is 1. The molecule has 1 heterocycles. The standard InChI is InChI=1S/C16H24N4S/c1-12(13-6-8-15(21-5)9-7-13)17-10-14-11-18-16(19(2)3)20(14)4/h6-9,11-12,17H,10H2,1-5H3. The molecule has 0 amide bonds. The molecule has 0 aliphatic rings. The zero-order valence-corrected chi connectivity index (χ0v) is 14.2. The normalized spacial score (nSPS) is 12.4. The van der Waals surface area contributed by atoms with E-state index in [9.17, 15) is 0 Å². The summed E-state index contributed by atoms with van der Waals surface area (Å²) in [6.45, 7) is 3.00. The van der Waals surface area contributed by atoms with Crippen LogP contribution >= 0.6 is 11.8 Å². The molecule has 0 spiro atoms. The zero-order chi connectivity index (χ0) is 15.4.